The molecule has 1 aromatic heterocycles. The molecule has 2 heterocycles. The summed E-state index contributed by atoms with van der Waals surface area (Å²) in [6, 6.07) is 7.85. The number of fused-ring (bicyclic) bond motifs is 1. The summed E-state index contributed by atoms with van der Waals surface area (Å²) in [6.45, 7) is 3.97. The van der Waals surface area contributed by atoms with E-state index in [1.807, 2.05) is 24.3 Å². The third kappa shape index (κ3) is 2.13. The highest BCUT2D eigenvalue weighted by molar-refractivity contribution is 6.34. The maximum Gasteiger partial charge on any atom is 0.227 e. The molecular formula is C13H15ClN4. The van der Waals surface area contributed by atoms with Crippen LogP contribution in [0.2, 0.25) is 5.15 Å². The quantitative estimate of drug-likeness (QED) is 0.737. The number of hydrogen-bond donors (Lipinski definition) is 0. The first kappa shape index (κ1) is 11.7. The Morgan fingerprint density at radius 1 is 1.06 bits per heavy atom. The smallest absolute Gasteiger partial charge is 0.227 e. The van der Waals surface area contributed by atoms with Gasteiger partial charge in [0.05, 0.1) is 5.52 Å². The molecule has 1 aliphatic rings. The van der Waals surface area contributed by atoms with Crippen LogP contribution in [-0.4, -0.2) is 48.1 Å². The van der Waals surface area contributed by atoms with Crippen molar-refractivity contribution in [1.82, 2.24) is 14.9 Å². The summed E-state index contributed by atoms with van der Waals surface area (Å²) < 4.78 is 0. The Morgan fingerprint density at radius 3 is 2.56 bits per heavy atom. The van der Waals surface area contributed by atoms with Crippen LogP contribution in [-0.2, 0) is 0 Å². The Morgan fingerprint density at radius 2 is 1.78 bits per heavy atom. The fourth-order valence-electron chi connectivity index (χ4n) is 2.17. The molecular weight excluding hydrogens is 248 g/mol. The van der Waals surface area contributed by atoms with Crippen LogP contribution in [0.25, 0.3) is 10.9 Å². The highest BCUT2D eigenvalue weighted by Gasteiger charge is 2.17. The van der Waals surface area contributed by atoms with Gasteiger partial charge in [-0.15, -0.1) is 0 Å². The number of rotatable bonds is 1. The van der Waals surface area contributed by atoms with Crippen LogP contribution in [0.3, 0.4) is 0 Å². The van der Waals surface area contributed by atoms with E-state index >= 15 is 0 Å². The van der Waals surface area contributed by atoms with Gasteiger partial charge in [-0.05, 0) is 19.2 Å². The summed E-state index contributed by atoms with van der Waals surface area (Å²) in [6.07, 6.45) is 0. The summed E-state index contributed by atoms with van der Waals surface area (Å²) in [5, 5.41) is 1.45. The minimum absolute atomic E-state index is 0.537. The molecule has 1 saturated heterocycles. The molecule has 1 aliphatic heterocycles. The van der Waals surface area contributed by atoms with Crippen molar-refractivity contribution in [1.29, 1.82) is 0 Å². The van der Waals surface area contributed by atoms with Gasteiger partial charge in [0.2, 0.25) is 5.95 Å². The molecule has 0 spiro atoms. The van der Waals surface area contributed by atoms with Gasteiger partial charge < -0.3 is 9.80 Å². The van der Waals surface area contributed by atoms with Crippen molar-refractivity contribution in [2.45, 2.75) is 0 Å². The van der Waals surface area contributed by atoms with Gasteiger partial charge in [-0.1, -0.05) is 23.7 Å². The molecule has 0 bridgehead atoms. The average Bonchev–Trinajstić information content (AvgIpc) is 2.39. The Bertz CT molecular complexity index is 564. The van der Waals surface area contributed by atoms with E-state index in [2.05, 4.69) is 26.8 Å². The predicted octanol–water partition coefficient (Wildman–Crippen LogP) is 2.03. The molecule has 18 heavy (non-hydrogen) atoms. The minimum atomic E-state index is 0.537. The number of nitrogens with zero attached hydrogens (tertiary/aromatic N) is 4. The lowest BCUT2D eigenvalue weighted by atomic mass is 10.2. The van der Waals surface area contributed by atoms with Crippen molar-refractivity contribution in [3.63, 3.8) is 0 Å². The van der Waals surface area contributed by atoms with Gasteiger partial charge in [0.25, 0.3) is 0 Å². The summed E-state index contributed by atoms with van der Waals surface area (Å²) in [5.41, 5.74) is 0.909. The lowest BCUT2D eigenvalue weighted by Crippen LogP contribution is -2.45. The van der Waals surface area contributed by atoms with E-state index in [4.69, 9.17) is 11.6 Å². The fourth-order valence-corrected chi connectivity index (χ4v) is 2.41. The number of aromatic nitrogens is 2. The first-order valence-corrected chi connectivity index (χ1v) is 6.47. The molecule has 94 valence electrons. The average molecular weight is 263 g/mol. The summed E-state index contributed by atoms with van der Waals surface area (Å²) in [5.74, 6) is 0.742. The molecule has 1 fully saturated rings. The maximum atomic E-state index is 6.22. The van der Waals surface area contributed by atoms with E-state index in [-0.39, 0.29) is 0 Å². The molecule has 0 N–H and O–H groups in total. The zero-order chi connectivity index (χ0) is 12.5. The number of benzene rings is 1. The van der Waals surface area contributed by atoms with Gasteiger partial charge >= 0.3 is 0 Å². The zero-order valence-corrected chi connectivity index (χ0v) is 11.1. The van der Waals surface area contributed by atoms with E-state index in [0.29, 0.717) is 5.15 Å². The van der Waals surface area contributed by atoms with E-state index in [1.54, 1.807) is 0 Å². The second kappa shape index (κ2) is 4.71. The second-order valence-corrected chi connectivity index (χ2v) is 4.98. The van der Waals surface area contributed by atoms with Crippen LogP contribution in [0, 0.1) is 0 Å². The topological polar surface area (TPSA) is 32.3 Å². The van der Waals surface area contributed by atoms with Crippen molar-refractivity contribution in [3.05, 3.63) is 29.4 Å². The predicted molar refractivity (Wildman–Crippen MR) is 74.3 cm³/mol. The minimum Gasteiger partial charge on any atom is -0.338 e. The first-order chi connectivity index (χ1) is 8.74. The molecule has 0 radical (unpaired) electrons. The van der Waals surface area contributed by atoms with Crippen LogP contribution < -0.4 is 4.90 Å². The van der Waals surface area contributed by atoms with Crippen molar-refractivity contribution < 1.29 is 0 Å². The first-order valence-electron chi connectivity index (χ1n) is 6.10. The molecule has 0 amide bonds. The van der Waals surface area contributed by atoms with Gasteiger partial charge in [0, 0.05) is 31.6 Å². The molecule has 5 heteroatoms. The Hall–Kier alpha value is -1.39. The van der Waals surface area contributed by atoms with E-state index in [9.17, 15) is 0 Å². The molecule has 4 nitrogen and oxygen atoms in total. The van der Waals surface area contributed by atoms with Crippen LogP contribution >= 0.6 is 11.6 Å². The number of hydrogen-bond acceptors (Lipinski definition) is 4. The lowest BCUT2D eigenvalue weighted by molar-refractivity contribution is 0.311. The number of piperazine rings is 1. The van der Waals surface area contributed by atoms with E-state index < -0.39 is 0 Å². The van der Waals surface area contributed by atoms with Crippen molar-refractivity contribution >= 4 is 28.5 Å². The lowest BCUT2D eigenvalue weighted by Gasteiger charge is -2.32. The molecule has 2 aromatic rings. The Kier molecular flexibility index (Phi) is 3.06. The molecule has 0 aliphatic carbocycles. The third-order valence-corrected chi connectivity index (χ3v) is 3.62. The second-order valence-electron chi connectivity index (χ2n) is 4.62. The summed E-state index contributed by atoms with van der Waals surface area (Å²) in [4.78, 5) is 13.5. The van der Waals surface area contributed by atoms with Crippen LogP contribution in [0.15, 0.2) is 24.3 Å². The van der Waals surface area contributed by atoms with Gasteiger partial charge in [-0.3, -0.25) is 0 Å². The fraction of sp³-hybridized carbons (Fsp3) is 0.385. The van der Waals surface area contributed by atoms with E-state index in [1.165, 1.54) is 0 Å². The number of halogens is 1. The van der Waals surface area contributed by atoms with Crippen molar-refractivity contribution in [2.24, 2.45) is 0 Å². The SMILES string of the molecule is CN1CCN(c2nc(Cl)c3ccccc3n2)CC1. The largest absolute Gasteiger partial charge is 0.338 e. The number of anilines is 1. The van der Waals surface area contributed by atoms with Gasteiger partial charge in [0.15, 0.2) is 0 Å². The number of para-hydroxylation sites is 1. The number of likely N-dealkylation sites (N-methyl/N-ethyl adjacent to an activating group) is 1. The standard InChI is InChI=1S/C13H15ClN4/c1-17-6-8-18(9-7-17)13-15-11-5-3-2-4-10(11)12(14)16-13/h2-5H,6-9H2,1H3. The normalized spacial score (nSPS) is 17.3. The third-order valence-electron chi connectivity index (χ3n) is 3.33. The molecule has 1 aromatic carbocycles. The molecule has 0 atom stereocenters. The van der Waals surface area contributed by atoms with Crippen molar-refractivity contribution in [3.8, 4) is 0 Å². The Labute approximate surface area is 111 Å². The van der Waals surface area contributed by atoms with E-state index in [0.717, 1.165) is 43.0 Å². The molecule has 3 rings (SSSR count). The maximum absolute atomic E-state index is 6.22. The van der Waals surface area contributed by atoms with Gasteiger partial charge in [-0.25, -0.2) is 9.97 Å². The molecule has 0 saturated carbocycles. The van der Waals surface area contributed by atoms with Gasteiger partial charge in [-0.2, -0.15) is 0 Å². The monoisotopic (exact) mass is 262 g/mol. The van der Waals surface area contributed by atoms with Crippen LogP contribution in [0.5, 0.6) is 0 Å². The summed E-state index contributed by atoms with van der Waals surface area (Å²) in [7, 11) is 2.13. The Balaban J connectivity index is 1.97. The molecule has 0 unspecified atom stereocenters. The highest BCUT2D eigenvalue weighted by Crippen LogP contribution is 2.23. The van der Waals surface area contributed by atoms with Gasteiger partial charge in [0.1, 0.15) is 5.15 Å². The van der Waals surface area contributed by atoms with Crippen LogP contribution in [0.1, 0.15) is 0 Å². The van der Waals surface area contributed by atoms with Crippen molar-refractivity contribution in [2.75, 3.05) is 38.1 Å². The summed E-state index contributed by atoms with van der Waals surface area (Å²) >= 11 is 6.22. The van der Waals surface area contributed by atoms with Crippen LogP contribution in [0.4, 0.5) is 5.95 Å². The zero-order valence-electron chi connectivity index (χ0n) is 10.3. The highest BCUT2D eigenvalue weighted by atomic mass is 35.5.